The number of carbonyl (C=O) groups is 2. The molecule has 1 aliphatic carbocycles. The molecule has 1 fully saturated rings. The molecule has 0 aromatic carbocycles. The van der Waals surface area contributed by atoms with E-state index in [1.807, 2.05) is 5.32 Å². The van der Waals surface area contributed by atoms with Crippen LogP contribution in [0.1, 0.15) is 12.8 Å². The summed E-state index contributed by atoms with van der Waals surface area (Å²) >= 11 is 0. The minimum absolute atomic E-state index is 0.0981. The van der Waals surface area contributed by atoms with Crippen LogP contribution < -0.4 is 10.6 Å². The summed E-state index contributed by atoms with van der Waals surface area (Å²) in [5, 5.41) is 12.9. The molecule has 1 aliphatic rings. The van der Waals surface area contributed by atoms with Crippen LogP contribution in [0.3, 0.4) is 0 Å². The highest BCUT2D eigenvalue weighted by molar-refractivity contribution is 5.85. The fraction of sp³-hybridized carbons (Fsp3) is 0.778. The van der Waals surface area contributed by atoms with Crippen LogP contribution >= 0.6 is 0 Å². The summed E-state index contributed by atoms with van der Waals surface area (Å²) in [4.78, 5) is 21.9. The number of nitrogens with one attached hydrogen (secondary N) is 2. The van der Waals surface area contributed by atoms with Gasteiger partial charge in [-0.05, 0) is 18.8 Å². The lowest BCUT2D eigenvalue weighted by molar-refractivity contribution is -0.142. The first-order valence-electron chi connectivity index (χ1n) is 5.09. The number of halogens is 3. The zero-order valence-corrected chi connectivity index (χ0v) is 8.88. The number of carboxylic acid groups (broad SMARTS) is 1. The van der Waals surface area contributed by atoms with Gasteiger partial charge < -0.3 is 15.7 Å². The minimum atomic E-state index is -4.39. The molecule has 0 radical (unpaired) electrons. The lowest BCUT2D eigenvalue weighted by atomic mass is 10.2. The summed E-state index contributed by atoms with van der Waals surface area (Å²) in [6, 6.07) is -0.991. The van der Waals surface area contributed by atoms with Gasteiger partial charge in [-0.25, -0.2) is 4.79 Å². The van der Waals surface area contributed by atoms with Crippen LogP contribution in [0.2, 0.25) is 0 Å². The number of hydrogen-bond acceptors (Lipinski definition) is 3. The van der Waals surface area contributed by atoms with Crippen molar-refractivity contribution in [3.05, 3.63) is 0 Å². The maximum absolute atomic E-state index is 11.7. The normalized spacial score (nSPS) is 17.6. The second-order valence-corrected chi connectivity index (χ2v) is 3.94. The van der Waals surface area contributed by atoms with Gasteiger partial charge in [0.05, 0.1) is 13.1 Å². The fourth-order valence-corrected chi connectivity index (χ4v) is 1.35. The molecule has 5 nitrogen and oxygen atoms in total. The first-order chi connectivity index (χ1) is 7.79. The number of hydrogen-bond donors (Lipinski definition) is 3. The van der Waals surface area contributed by atoms with Crippen molar-refractivity contribution in [3.8, 4) is 0 Å². The number of carboxylic acids is 1. The van der Waals surface area contributed by atoms with Crippen LogP contribution in [0.4, 0.5) is 13.2 Å². The average Bonchev–Trinajstić information content (AvgIpc) is 2.94. The van der Waals surface area contributed by atoms with Crippen molar-refractivity contribution in [2.24, 2.45) is 5.92 Å². The largest absolute Gasteiger partial charge is 0.480 e. The van der Waals surface area contributed by atoms with Crippen LogP contribution in [0, 0.1) is 5.92 Å². The highest BCUT2D eigenvalue weighted by Crippen LogP contribution is 2.32. The van der Waals surface area contributed by atoms with Gasteiger partial charge in [-0.3, -0.25) is 4.79 Å². The Morgan fingerprint density at radius 2 is 1.94 bits per heavy atom. The summed E-state index contributed by atoms with van der Waals surface area (Å²) in [6.45, 7) is -1.82. The maximum atomic E-state index is 11.7. The standard InChI is InChI=1S/C9H13F3N2O3/c10-9(11,12)4-13-3-6(15)14-7(8(16)17)5-1-2-5/h5,7,13H,1-4H2,(H,14,15)(H,16,17). The third kappa shape index (κ3) is 5.53. The van der Waals surface area contributed by atoms with E-state index in [1.165, 1.54) is 0 Å². The fourth-order valence-electron chi connectivity index (χ4n) is 1.35. The van der Waals surface area contributed by atoms with Crippen molar-refractivity contribution in [2.75, 3.05) is 13.1 Å². The summed E-state index contributed by atoms with van der Waals surface area (Å²) in [5.41, 5.74) is 0. The Morgan fingerprint density at radius 1 is 1.35 bits per heavy atom. The van der Waals surface area contributed by atoms with Gasteiger partial charge in [0, 0.05) is 0 Å². The third-order valence-corrected chi connectivity index (χ3v) is 2.29. The number of aliphatic carboxylic acids is 1. The van der Waals surface area contributed by atoms with Crippen LogP contribution in [-0.4, -0.2) is 42.3 Å². The highest BCUT2D eigenvalue weighted by atomic mass is 19.4. The van der Waals surface area contributed by atoms with E-state index in [1.54, 1.807) is 0 Å². The SMILES string of the molecule is O=C(CNCC(F)(F)F)NC(C(=O)O)C1CC1. The van der Waals surface area contributed by atoms with Crippen molar-refractivity contribution in [3.63, 3.8) is 0 Å². The molecule has 0 heterocycles. The summed E-state index contributed by atoms with van der Waals surface area (Å²) in [6.07, 6.45) is -2.95. The number of amides is 1. The number of carbonyl (C=O) groups excluding carboxylic acids is 1. The number of alkyl halides is 3. The van der Waals surface area contributed by atoms with Crippen molar-refractivity contribution in [2.45, 2.75) is 25.1 Å². The number of rotatable bonds is 6. The summed E-state index contributed by atoms with van der Waals surface area (Å²) < 4.78 is 35.2. The molecule has 3 N–H and O–H groups in total. The van der Waals surface area contributed by atoms with Crippen molar-refractivity contribution in [1.29, 1.82) is 0 Å². The van der Waals surface area contributed by atoms with Gasteiger partial charge in [0.1, 0.15) is 6.04 Å². The molecule has 17 heavy (non-hydrogen) atoms. The van der Waals surface area contributed by atoms with E-state index in [0.29, 0.717) is 12.8 Å². The molecule has 0 aromatic rings. The van der Waals surface area contributed by atoms with Gasteiger partial charge in [0.25, 0.3) is 0 Å². The molecule has 1 saturated carbocycles. The molecule has 0 spiro atoms. The monoisotopic (exact) mass is 254 g/mol. The molecular weight excluding hydrogens is 241 g/mol. The van der Waals surface area contributed by atoms with Gasteiger partial charge in [0.15, 0.2) is 0 Å². The summed E-state index contributed by atoms with van der Waals surface area (Å²) in [5.74, 6) is -2.00. The molecule has 0 saturated heterocycles. The topological polar surface area (TPSA) is 78.4 Å². The Kier molecular flexibility index (Phi) is 4.33. The highest BCUT2D eigenvalue weighted by Gasteiger charge is 2.37. The van der Waals surface area contributed by atoms with Crippen LogP contribution in [0.25, 0.3) is 0 Å². The third-order valence-electron chi connectivity index (χ3n) is 2.29. The molecule has 1 amide bonds. The first kappa shape index (κ1) is 13.8. The van der Waals surface area contributed by atoms with Crippen molar-refractivity contribution < 1.29 is 27.9 Å². The molecule has 8 heteroatoms. The Morgan fingerprint density at radius 3 is 2.35 bits per heavy atom. The average molecular weight is 254 g/mol. The Bertz CT molecular complexity index is 302. The molecule has 0 aliphatic heterocycles. The van der Waals surface area contributed by atoms with Gasteiger partial charge in [0.2, 0.25) is 5.91 Å². The lowest BCUT2D eigenvalue weighted by Crippen LogP contribution is -2.46. The van der Waals surface area contributed by atoms with E-state index in [0.717, 1.165) is 0 Å². The van der Waals surface area contributed by atoms with Crippen LogP contribution in [0.5, 0.6) is 0 Å². The van der Waals surface area contributed by atoms with E-state index in [-0.39, 0.29) is 5.92 Å². The molecular formula is C9H13F3N2O3. The molecule has 98 valence electrons. The zero-order chi connectivity index (χ0) is 13.1. The summed E-state index contributed by atoms with van der Waals surface area (Å²) in [7, 11) is 0. The lowest BCUT2D eigenvalue weighted by Gasteiger charge is -2.14. The molecule has 1 atom stereocenters. The van der Waals surface area contributed by atoms with E-state index >= 15 is 0 Å². The smallest absolute Gasteiger partial charge is 0.401 e. The van der Waals surface area contributed by atoms with Crippen molar-refractivity contribution in [1.82, 2.24) is 10.6 Å². The van der Waals surface area contributed by atoms with Gasteiger partial charge in [-0.1, -0.05) is 0 Å². The van der Waals surface area contributed by atoms with Crippen molar-refractivity contribution >= 4 is 11.9 Å². The van der Waals surface area contributed by atoms with Crippen LogP contribution in [0.15, 0.2) is 0 Å². The predicted molar refractivity (Wildman–Crippen MR) is 51.2 cm³/mol. The molecule has 0 bridgehead atoms. The quantitative estimate of drug-likeness (QED) is 0.629. The zero-order valence-electron chi connectivity index (χ0n) is 8.88. The van der Waals surface area contributed by atoms with E-state index in [4.69, 9.17) is 5.11 Å². The second-order valence-electron chi connectivity index (χ2n) is 3.94. The predicted octanol–water partition coefficient (Wildman–Crippen LogP) is 0.118. The molecule has 0 aromatic heterocycles. The van der Waals surface area contributed by atoms with Gasteiger partial charge in [-0.2, -0.15) is 13.2 Å². The minimum Gasteiger partial charge on any atom is -0.480 e. The van der Waals surface area contributed by atoms with E-state index in [9.17, 15) is 22.8 Å². The molecule has 1 unspecified atom stereocenters. The maximum Gasteiger partial charge on any atom is 0.401 e. The molecule has 1 rings (SSSR count). The van der Waals surface area contributed by atoms with E-state index in [2.05, 4.69) is 5.32 Å². The Hall–Kier alpha value is -1.31. The Balaban J connectivity index is 2.26. The Labute approximate surface area is 95.4 Å². The van der Waals surface area contributed by atoms with Gasteiger partial charge in [-0.15, -0.1) is 0 Å². The first-order valence-corrected chi connectivity index (χ1v) is 5.09. The van der Waals surface area contributed by atoms with Crippen LogP contribution in [-0.2, 0) is 9.59 Å². The van der Waals surface area contributed by atoms with Gasteiger partial charge >= 0.3 is 12.1 Å². The van der Waals surface area contributed by atoms with E-state index < -0.39 is 37.2 Å². The second kappa shape index (κ2) is 5.35.